The number of hydrogen-bond donors (Lipinski definition) is 1. The lowest BCUT2D eigenvalue weighted by Gasteiger charge is -2.18. The highest BCUT2D eigenvalue weighted by molar-refractivity contribution is 7.89. The van der Waals surface area contributed by atoms with Crippen molar-refractivity contribution in [2.24, 2.45) is 5.41 Å². The van der Waals surface area contributed by atoms with Gasteiger partial charge in [-0.1, -0.05) is 44.0 Å². The fourth-order valence-electron chi connectivity index (χ4n) is 1.08. The van der Waals surface area contributed by atoms with Gasteiger partial charge in [0.15, 0.2) is 0 Å². The molecule has 0 aliphatic heterocycles. The summed E-state index contributed by atoms with van der Waals surface area (Å²) in [5, 5.41) is 0.599. The molecule has 0 aromatic heterocycles. The zero-order valence-corrected chi connectivity index (χ0v) is 12.2. The second-order valence-corrected chi connectivity index (χ2v) is 7.63. The minimum absolute atomic E-state index is 0.0826. The summed E-state index contributed by atoms with van der Waals surface area (Å²) in [5.74, 6) is 0. The maximum absolute atomic E-state index is 12.0. The molecular formula is C11H15Cl2NO2S. The number of rotatable bonds is 3. The smallest absolute Gasteiger partial charge is 0.211 e. The van der Waals surface area contributed by atoms with Crippen molar-refractivity contribution in [1.82, 2.24) is 4.72 Å². The molecule has 1 N–H and O–H groups in total. The van der Waals surface area contributed by atoms with E-state index in [1.165, 1.54) is 18.2 Å². The van der Waals surface area contributed by atoms with Crippen LogP contribution in [0.25, 0.3) is 0 Å². The molecule has 0 unspecified atom stereocenters. The van der Waals surface area contributed by atoms with Gasteiger partial charge in [-0.15, -0.1) is 0 Å². The molecule has 6 heteroatoms. The van der Waals surface area contributed by atoms with Gasteiger partial charge >= 0.3 is 0 Å². The molecule has 0 atom stereocenters. The van der Waals surface area contributed by atoms with E-state index in [1.807, 2.05) is 20.8 Å². The van der Waals surface area contributed by atoms with Gasteiger partial charge in [-0.25, -0.2) is 13.1 Å². The Bertz CT molecular complexity index is 486. The van der Waals surface area contributed by atoms with Gasteiger partial charge in [-0.05, 0) is 23.6 Å². The summed E-state index contributed by atoms with van der Waals surface area (Å²) in [4.78, 5) is 0.0826. The third-order valence-electron chi connectivity index (χ3n) is 1.94. The van der Waals surface area contributed by atoms with Crippen LogP contribution in [0, 0.1) is 5.41 Å². The molecule has 0 amide bonds. The fourth-order valence-corrected chi connectivity index (χ4v) is 3.09. The van der Waals surface area contributed by atoms with Gasteiger partial charge < -0.3 is 0 Å². The first-order chi connectivity index (χ1) is 7.60. The van der Waals surface area contributed by atoms with E-state index in [1.54, 1.807) is 0 Å². The van der Waals surface area contributed by atoms with Crippen molar-refractivity contribution >= 4 is 33.2 Å². The third kappa shape index (κ3) is 4.84. The summed E-state index contributed by atoms with van der Waals surface area (Å²) in [6.07, 6.45) is 0. The molecule has 0 heterocycles. The van der Waals surface area contributed by atoms with Crippen LogP contribution in [0.1, 0.15) is 20.8 Å². The van der Waals surface area contributed by atoms with E-state index < -0.39 is 10.0 Å². The molecule has 0 radical (unpaired) electrons. The molecule has 0 aliphatic rings. The zero-order valence-electron chi connectivity index (χ0n) is 9.92. The number of halogens is 2. The molecule has 1 aromatic rings. The van der Waals surface area contributed by atoms with E-state index in [-0.39, 0.29) is 10.3 Å². The van der Waals surface area contributed by atoms with Crippen molar-refractivity contribution in [3.05, 3.63) is 28.2 Å². The van der Waals surface area contributed by atoms with Gasteiger partial charge in [-0.3, -0.25) is 0 Å². The average molecular weight is 296 g/mol. The summed E-state index contributed by atoms with van der Waals surface area (Å²) in [6.45, 7) is 6.18. The van der Waals surface area contributed by atoms with E-state index in [2.05, 4.69) is 4.72 Å². The highest BCUT2D eigenvalue weighted by Crippen LogP contribution is 2.22. The maximum Gasteiger partial charge on any atom is 0.240 e. The van der Waals surface area contributed by atoms with E-state index in [9.17, 15) is 8.42 Å². The molecule has 1 rings (SSSR count). The van der Waals surface area contributed by atoms with Gasteiger partial charge in [0, 0.05) is 16.6 Å². The van der Waals surface area contributed by atoms with Crippen molar-refractivity contribution < 1.29 is 8.42 Å². The van der Waals surface area contributed by atoms with Crippen LogP contribution in [0.5, 0.6) is 0 Å². The van der Waals surface area contributed by atoms with Gasteiger partial charge in [-0.2, -0.15) is 0 Å². The van der Waals surface area contributed by atoms with Crippen molar-refractivity contribution in [2.75, 3.05) is 6.54 Å². The summed E-state index contributed by atoms with van der Waals surface area (Å²) >= 11 is 11.5. The molecule has 0 bridgehead atoms. The topological polar surface area (TPSA) is 46.2 Å². The first-order valence-corrected chi connectivity index (χ1v) is 7.30. The predicted molar refractivity (Wildman–Crippen MR) is 71.1 cm³/mol. The summed E-state index contributed by atoms with van der Waals surface area (Å²) in [5.41, 5.74) is -0.130. The quantitative estimate of drug-likeness (QED) is 0.930. The first-order valence-electron chi connectivity index (χ1n) is 5.06. The maximum atomic E-state index is 12.0. The van der Waals surface area contributed by atoms with Crippen LogP contribution in [-0.2, 0) is 10.0 Å². The molecule has 3 nitrogen and oxygen atoms in total. The molecule has 0 aliphatic carbocycles. The van der Waals surface area contributed by atoms with E-state index in [0.29, 0.717) is 16.6 Å². The summed E-state index contributed by atoms with van der Waals surface area (Å²) in [7, 11) is -3.56. The Kier molecular flexibility index (Phi) is 4.47. The number of benzene rings is 1. The van der Waals surface area contributed by atoms with E-state index in [0.717, 1.165) is 0 Å². The number of nitrogens with one attached hydrogen (secondary N) is 1. The first kappa shape index (κ1) is 14.8. The average Bonchev–Trinajstić information content (AvgIpc) is 2.12. The second-order valence-electron chi connectivity index (χ2n) is 4.99. The Balaban J connectivity index is 2.98. The zero-order chi connectivity index (χ0) is 13.3. The highest BCUT2D eigenvalue weighted by Gasteiger charge is 2.19. The lowest BCUT2D eigenvalue weighted by atomic mass is 9.98. The second kappa shape index (κ2) is 5.14. The van der Waals surface area contributed by atoms with Gasteiger partial charge in [0.05, 0.1) is 4.90 Å². The number of hydrogen-bond acceptors (Lipinski definition) is 2. The number of sulfonamides is 1. The van der Waals surface area contributed by atoms with Crippen molar-refractivity contribution in [1.29, 1.82) is 0 Å². The summed E-state index contributed by atoms with van der Waals surface area (Å²) < 4.78 is 26.4. The molecule has 17 heavy (non-hydrogen) atoms. The molecule has 0 saturated heterocycles. The summed E-state index contributed by atoms with van der Waals surface area (Å²) in [6, 6.07) is 4.24. The normalized spacial score (nSPS) is 12.8. The predicted octanol–water partition coefficient (Wildman–Crippen LogP) is 3.32. The van der Waals surface area contributed by atoms with E-state index in [4.69, 9.17) is 23.2 Å². The van der Waals surface area contributed by atoms with Crippen LogP contribution in [0.15, 0.2) is 23.1 Å². The van der Waals surface area contributed by atoms with E-state index >= 15 is 0 Å². The van der Waals surface area contributed by atoms with Gasteiger partial charge in [0.25, 0.3) is 0 Å². The third-order valence-corrected chi connectivity index (χ3v) is 3.76. The standard InChI is InChI=1S/C11H15Cl2NO2S/c1-11(2,3)7-14-17(15,16)10-5-8(12)4-9(13)6-10/h4-6,14H,7H2,1-3H3. The van der Waals surface area contributed by atoms with Crippen LogP contribution >= 0.6 is 23.2 Å². The Morgan fingerprint density at radius 1 is 1.12 bits per heavy atom. The van der Waals surface area contributed by atoms with Crippen LogP contribution in [0.4, 0.5) is 0 Å². The lowest BCUT2D eigenvalue weighted by molar-refractivity contribution is 0.407. The molecule has 96 valence electrons. The Labute approximate surface area is 112 Å². The SMILES string of the molecule is CC(C)(C)CNS(=O)(=O)c1cc(Cl)cc(Cl)c1. The largest absolute Gasteiger partial charge is 0.240 e. The monoisotopic (exact) mass is 295 g/mol. The van der Waals surface area contributed by atoms with Gasteiger partial charge in [0.1, 0.15) is 0 Å². The molecular weight excluding hydrogens is 281 g/mol. The minimum Gasteiger partial charge on any atom is -0.211 e. The van der Waals surface area contributed by atoms with Crippen molar-refractivity contribution in [3.8, 4) is 0 Å². The van der Waals surface area contributed by atoms with Crippen LogP contribution in [-0.4, -0.2) is 15.0 Å². The Morgan fingerprint density at radius 3 is 2.00 bits per heavy atom. The molecule has 1 aromatic carbocycles. The Morgan fingerprint density at radius 2 is 1.59 bits per heavy atom. The van der Waals surface area contributed by atoms with Crippen LogP contribution in [0.3, 0.4) is 0 Å². The molecule has 0 fully saturated rings. The lowest BCUT2D eigenvalue weighted by Crippen LogP contribution is -2.32. The Hall–Kier alpha value is -0.290. The van der Waals surface area contributed by atoms with Crippen LogP contribution < -0.4 is 4.72 Å². The minimum atomic E-state index is -3.56. The van der Waals surface area contributed by atoms with Gasteiger partial charge in [0.2, 0.25) is 10.0 Å². The van der Waals surface area contributed by atoms with Crippen molar-refractivity contribution in [2.45, 2.75) is 25.7 Å². The highest BCUT2D eigenvalue weighted by atomic mass is 35.5. The fraction of sp³-hybridized carbons (Fsp3) is 0.455. The van der Waals surface area contributed by atoms with Crippen LogP contribution in [0.2, 0.25) is 10.0 Å². The molecule has 0 saturated carbocycles. The van der Waals surface area contributed by atoms with Crippen molar-refractivity contribution in [3.63, 3.8) is 0 Å². The molecule has 0 spiro atoms.